The maximum Gasteiger partial charge on any atom is 0.119 e. The lowest BCUT2D eigenvalue weighted by atomic mass is 9.63. The van der Waals surface area contributed by atoms with Crippen LogP contribution in [-0.2, 0) is 10.8 Å². The van der Waals surface area contributed by atoms with Gasteiger partial charge in [0.2, 0.25) is 0 Å². The molecule has 3 aromatic rings. The number of aryl methyl sites for hydroxylation is 1. The van der Waals surface area contributed by atoms with Gasteiger partial charge in [-0.1, -0.05) is 64.1 Å². The lowest BCUT2D eigenvalue weighted by molar-refractivity contribution is 0.332. The van der Waals surface area contributed by atoms with Crippen LogP contribution in [0.2, 0.25) is 0 Å². The van der Waals surface area contributed by atoms with Gasteiger partial charge < -0.3 is 5.11 Å². The first-order valence-corrected chi connectivity index (χ1v) is 9.57. The Balaban J connectivity index is 1.87. The maximum absolute atomic E-state index is 9.94. The molecule has 0 unspecified atom stereocenters. The summed E-state index contributed by atoms with van der Waals surface area (Å²) >= 11 is 0. The first kappa shape index (κ1) is 17.1. The fraction of sp³-hybridized carbons (Fsp3) is 0.360. The number of phenols is 1. The lowest BCUT2D eigenvalue weighted by Crippen LogP contribution is -2.33. The SMILES string of the molecule is Cc1c(O)ccc2cc(-c3ccc4c(c3)C(C)(C)CCC4(C)C)ccc12. The van der Waals surface area contributed by atoms with Crippen LogP contribution < -0.4 is 0 Å². The largest absolute Gasteiger partial charge is 0.508 e. The van der Waals surface area contributed by atoms with Crippen LogP contribution in [0, 0.1) is 6.92 Å². The summed E-state index contributed by atoms with van der Waals surface area (Å²) in [5, 5.41) is 12.2. The van der Waals surface area contributed by atoms with Crippen molar-refractivity contribution < 1.29 is 5.11 Å². The van der Waals surface area contributed by atoms with Gasteiger partial charge >= 0.3 is 0 Å². The predicted octanol–water partition coefficient (Wildman–Crippen LogP) is 6.87. The fourth-order valence-electron chi connectivity index (χ4n) is 4.42. The molecule has 0 saturated heterocycles. The summed E-state index contributed by atoms with van der Waals surface area (Å²) in [6, 6.07) is 17.4. The van der Waals surface area contributed by atoms with Gasteiger partial charge in [0, 0.05) is 0 Å². The fourth-order valence-corrected chi connectivity index (χ4v) is 4.42. The quantitative estimate of drug-likeness (QED) is 0.510. The van der Waals surface area contributed by atoms with Crippen LogP contribution in [0.15, 0.2) is 48.5 Å². The highest BCUT2D eigenvalue weighted by molar-refractivity contribution is 5.91. The number of rotatable bonds is 1. The highest BCUT2D eigenvalue weighted by Crippen LogP contribution is 2.46. The Kier molecular flexibility index (Phi) is 3.70. The van der Waals surface area contributed by atoms with Crippen LogP contribution in [0.5, 0.6) is 5.75 Å². The van der Waals surface area contributed by atoms with E-state index in [0.717, 1.165) is 10.9 Å². The monoisotopic (exact) mass is 344 g/mol. The molecule has 0 bridgehead atoms. The normalized spacial score (nSPS) is 17.9. The van der Waals surface area contributed by atoms with Crippen molar-refractivity contribution in [1.29, 1.82) is 0 Å². The molecule has 1 aliphatic carbocycles. The van der Waals surface area contributed by atoms with Crippen LogP contribution in [0.3, 0.4) is 0 Å². The summed E-state index contributed by atoms with van der Waals surface area (Å²) < 4.78 is 0. The van der Waals surface area contributed by atoms with Crippen molar-refractivity contribution in [2.24, 2.45) is 0 Å². The molecule has 0 fully saturated rings. The number of hydrogen-bond donors (Lipinski definition) is 1. The Hall–Kier alpha value is -2.28. The highest BCUT2D eigenvalue weighted by atomic mass is 16.3. The zero-order chi connectivity index (χ0) is 18.7. The molecule has 0 aromatic heterocycles. The summed E-state index contributed by atoms with van der Waals surface area (Å²) in [7, 11) is 0. The molecule has 0 amide bonds. The number of benzene rings is 3. The summed E-state index contributed by atoms with van der Waals surface area (Å²) in [6.07, 6.45) is 2.47. The van der Waals surface area contributed by atoms with Crippen molar-refractivity contribution in [2.75, 3.05) is 0 Å². The van der Waals surface area contributed by atoms with Crippen LogP contribution in [0.1, 0.15) is 57.2 Å². The molecule has 0 atom stereocenters. The number of aromatic hydroxyl groups is 1. The molecule has 0 aliphatic heterocycles. The van der Waals surface area contributed by atoms with Crippen molar-refractivity contribution in [3.05, 3.63) is 65.2 Å². The second-order valence-electron chi connectivity index (χ2n) is 9.17. The van der Waals surface area contributed by atoms with E-state index in [1.807, 2.05) is 13.0 Å². The molecule has 134 valence electrons. The van der Waals surface area contributed by atoms with E-state index in [1.54, 1.807) is 6.07 Å². The van der Waals surface area contributed by atoms with Gasteiger partial charge in [-0.05, 0) is 81.3 Å². The third kappa shape index (κ3) is 2.61. The minimum Gasteiger partial charge on any atom is -0.508 e. The number of phenolic OH excluding ortho intramolecular Hbond substituents is 1. The van der Waals surface area contributed by atoms with E-state index in [9.17, 15) is 5.11 Å². The predicted molar refractivity (Wildman–Crippen MR) is 111 cm³/mol. The van der Waals surface area contributed by atoms with Gasteiger partial charge in [0.1, 0.15) is 5.75 Å². The lowest BCUT2D eigenvalue weighted by Gasteiger charge is -2.42. The van der Waals surface area contributed by atoms with Crippen molar-refractivity contribution in [2.45, 2.75) is 58.3 Å². The maximum atomic E-state index is 9.94. The topological polar surface area (TPSA) is 20.2 Å². The standard InChI is InChI=1S/C25H28O/c1-16-20-9-6-17(14-19(20)8-11-23(16)26)18-7-10-21-22(15-18)25(4,5)13-12-24(21,2)3/h6-11,14-15,26H,12-13H2,1-5H3. The van der Waals surface area contributed by atoms with E-state index in [4.69, 9.17) is 0 Å². The molecular formula is C25H28O. The third-order valence-corrected chi connectivity index (χ3v) is 6.45. The molecule has 3 aromatic carbocycles. The van der Waals surface area contributed by atoms with Crippen molar-refractivity contribution in [1.82, 2.24) is 0 Å². The molecule has 0 spiro atoms. The Bertz CT molecular complexity index is 1010. The average molecular weight is 344 g/mol. The Morgan fingerprint density at radius 2 is 1.35 bits per heavy atom. The summed E-state index contributed by atoms with van der Waals surface area (Å²) in [6.45, 7) is 11.5. The first-order chi connectivity index (χ1) is 12.2. The number of fused-ring (bicyclic) bond motifs is 2. The Morgan fingerprint density at radius 1 is 0.731 bits per heavy atom. The van der Waals surface area contributed by atoms with E-state index >= 15 is 0 Å². The zero-order valence-corrected chi connectivity index (χ0v) is 16.5. The van der Waals surface area contributed by atoms with Gasteiger partial charge in [0.05, 0.1) is 0 Å². The van der Waals surface area contributed by atoms with Crippen LogP contribution in [0.4, 0.5) is 0 Å². The molecule has 26 heavy (non-hydrogen) atoms. The minimum atomic E-state index is 0.222. The molecule has 0 heterocycles. The molecule has 1 nitrogen and oxygen atoms in total. The summed E-state index contributed by atoms with van der Waals surface area (Å²) in [5.41, 5.74) is 6.93. The summed E-state index contributed by atoms with van der Waals surface area (Å²) in [5.74, 6) is 0.364. The third-order valence-electron chi connectivity index (χ3n) is 6.45. The second-order valence-corrected chi connectivity index (χ2v) is 9.17. The smallest absolute Gasteiger partial charge is 0.119 e. The van der Waals surface area contributed by atoms with Gasteiger partial charge in [0.25, 0.3) is 0 Å². The molecule has 0 radical (unpaired) electrons. The van der Waals surface area contributed by atoms with E-state index in [2.05, 4.69) is 64.1 Å². The van der Waals surface area contributed by atoms with E-state index < -0.39 is 0 Å². The van der Waals surface area contributed by atoms with E-state index in [0.29, 0.717) is 5.75 Å². The number of hydrogen-bond acceptors (Lipinski definition) is 1. The van der Waals surface area contributed by atoms with Crippen molar-refractivity contribution >= 4 is 10.8 Å². The molecule has 4 rings (SSSR count). The van der Waals surface area contributed by atoms with Crippen LogP contribution in [-0.4, -0.2) is 5.11 Å². The molecule has 0 saturated carbocycles. The van der Waals surface area contributed by atoms with Gasteiger partial charge in [0.15, 0.2) is 0 Å². The van der Waals surface area contributed by atoms with Gasteiger partial charge in [-0.25, -0.2) is 0 Å². The van der Waals surface area contributed by atoms with E-state index in [1.165, 1.54) is 40.5 Å². The highest BCUT2D eigenvalue weighted by Gasteiger charge is 2.36. The first-order valence-electron chi connectivity index (χ1n) is 9.57. The van der Waals surface area contributed by atoms with Gasteiger partial charge in [-0.3, -0.25) is 0 Å². The molecule has 1 N–H and O–H groups in total. The van der Waals surface area contributed by atoms with Crippen molar-refractivity contribution in [3.63, 3.8) is 0 Å². The second kappa shape index (κ2) is 5.61. The summed E-state index contributed by atoms with van der Waals surface area (Å²) in [4.78, 5) is 0. The van der Waals surface area contributed by atoms with Crippen molar-refractivity contribution in [3.8, 4) is 16.9 Å². The average Bonchev–Trinajstić information content (AvgIpc) is 2.62. The van der Waals surface area contributed by atoms with Crippen LogP contribution in [0.25, 0.3) is 21.9 Å². The molecular weight excluding hydrogens is 316 g/mol. The minimum absolute atomic E-state index is 0.222. The Labute approximate surface area is 156 Å². The van der Waals surface area contributed by atoms with Crippen LogP contribution >= 0.6 is 0 Å². The molecule has 1 heteroatoms. The zero-order valence-electron chi connectivity index (χ0n) is 16.5. The Morgan fingerprint density at radius 3 is 2.08 bits per heavy atom. The van der Waals surface area contributed by atoms with E-state index in [-0.39, 0.29) is 10.8 Å². The van der Waals surface area contributed by atoms with Gasteiger partial charge in [-0.15, -0.1) is 0 Å². The van der Waals surface area contributed by atoms with Gasteiger partial charge in [-0.2, -0.15) is 0 Å². The molecule has 1 aliphatic rings.